The van der Waals surface area contributed by atoms with Gasteiger partial charge in [-0.2, -0.15) is 13.2 Å². The van der Waals surface area contributed by atoms with Gasteiger partial charge < -0.3 is 4.90 Å². The average Bonchev–Trinajstić information content (AvgIpc) is 3.06. The Bertz CT molecular complexity index is 929. The van der Waals surface area contributed by atoms with Crippen LogP contribution in [0.5, 0.6) is 0 Å². The second kappa shape index (κ2) is 8.42. The van der Waals surface area contributed by atoms with Crippen molar-refractivity contribution in [3.8, 4) is 10.8 Å². The Labute approximate surface area is 170 Å². The van der Waals surface area contributed by atoms with Crippen LogP contribution in [0.4, 0.5) is 19.0 Å². The van der Waals surface area contributed by atoms with Crippen LogP contribution >= 0.6 is 11.3 Å². The summed E-state index contributed by atoms with van der Waals surface area (Å²) in [5, 5.41) is 2.82. The van der Waals surface area contributed by atoms with Gasteiger partial charge >= 0.3 is 6.18 Å². The van der Waals surface area contributed by atoms with E-state index >= 15 is 0 Å². The molecule has 0 atom stereocenters. The molecule has 6 nitrogen and oxygen atoms in total. The maximum absolute atomic E-state index is 12.7. The summed E-state index contributed by atoms with van der Waals surface area (Å²) in [6.45, 7) is 3.87. The fourth-order valence-electron chi connectivity index (χ4n) is 3.22. The number of thiazole rings is 1. The molecule has 10 heteroatoms. The average molecular weight is 420 g/mol. The summed E-state index contributed by atoms with van der Waals surface area (Å²) in [5.74, 6) is 1.20. The number of anilines is 1. The third kappa shape index (κ3) is 4.88. The number of hydrogen-bond acceptors (Lipinski definition) is 7. The molecule has 3 aromatic heterocycles. The molecule has 0 aromatic carbocycles. The summed E-state index contributed by atoms with van der Waals surface area (Å²) < 4.78 is 38.2. The summed E-state index contributed by atoms with van der Waals surface area (Å²) in [4.78, 5) is 21.4. The van der Waals surface area contributed by atoms with Gasteiger partial charge in [0.05, 0.1) is 11.3 Å². The summed E-state index contributed by atoms with van der Waals surface area (Å²) in [6.07, 6.45) is 0.838. The van der Waals surface area contributed by atoms with E-state index in [0.717, 1.165) is 55.6 Å². The first-order valence-electron chi connectivity index (χ1n) is 9.21. The van der Waals surface area contributed by atoms with Gasteiger partial charge in [0.2, 0.25) is 0 Å². The van der Waals surface area contributed by atoms with E-state index in [1.54, 1.807) is 18.5 Å². The van der Waals surface area contributed by atoms with Gasteiger partial charge in [0, 0.05) is 56.7 Å². The lowest BCUT2D eigenvalue weighted by Gasteiger charge is -2.22. The minimum absolute atomic E-state index is 0.581. The Kier molecular flexibility index (Phi) is 5.72. The normalized spacial score (nSPS) is 16.0. The quantitative estimate of drug-likeness (QED) is 0.641. The third-order valence-electron chi connectivity index (χ3n) is 4.68. The van der Waals surface area contributed by atoms with E-state index in [0.29, 0.717) is 18.2 Å². The summed E-state index contributed by atoms with van der Waals surface area (Å²) in [7, 11) is 0. The first kappa shape index (κ1) is 19.7. The van der Waals surface area contributed by atoms with Crippen LogP contribution in [0.25, 0.3) is 10.8 Å². The van der Waals surface area contributed by atoms with E-state index in [2.05, 4.69) is 24.8 Å². The molecule has 4 rings (SSSR count). The van der Waals surface area contributed by atoms with E-state index in [1.807, 2.05) is 10.3 Å². The highest BCUT2D eigenvalue weighted by atomic mass is 32.1. The van der Waals surface area contributed by atoms with Crippen LogP contribution < -0.4 is 4.90 Å². The topological polar surface area (TPSA) is 58.0 Å². The van der Waals surface area contributed by atoms with E-state index in [-0.39, 0.29) is 0 Å². The van der Waals surface area contributed by atoms with Crippen molar-refractivity contribution < 1.29 is 13.2 Å². The molecule has 0 spiro atoms. The predicted molar refractivity (Wildman–Crippen MR) is 104 cm³/mol. The Morgan fingerprint density at radius 3 is 2.55 bits per heavy atom. The molecule has 1 aliphatic rings. The minimum Gasteiger partial charge on any atom is -0.355 e. The zero-order valence-corrected chi connectivity index (χ0v) is 16.3. The van der Waals surface area contributed by atoms with Crippen molar-refractivity contribution in [2.75, 3.05) is 31.1 Å². The monoisotopic (exact) mass is 420 g/mol. The van der Waals surface area contributed by atoms with Crippen LogP contribution in [0.1, 0.15) is 17.7 Å². The Morgan fingerprint density at radius 1 is 1.00 bits per heavy atom. The van der Waals surface area contributed by atoms with Gasteiger partial charge in [-0.3, -0.25) is 4.90 Å². The SMILES string of the molecule is FC(F)(F)c1ccc(N2CCCN(Cc3csc(-c4ncccn4)n3)CC2)nc1. The molecule has 0 unspecified atom stereocenters. The van der Waals surface area contributed by atoms with Crippen molar-refractivity contribution in [1.82, 2.24) is 24.8 Å². The lowest BCUT2D eigenvalue weighted by molar-refractivity contribution is -0.137. The van der Waals surface area contributed by atoms with Crippen molar-refractivity contribution in [3.63, 3.8) is 0 Å². The lowest BCUT2D eigenvalue weighted by Crippen LogP contribution is -2.31. The molecule has 0 N–H and O–H groups in total. The highest BCUT2D eigenvalue weighted by Gasteiger charge is 2.31. The van der Waals surface area contributed by atoms with Crippen LogP contribution in [0, 0.1) is 0 Å². The van der Waals surface area contributed by atoms with Crippen molar-refractivity contribution in [2.24, 2.45) is 0 Å². The molecular weight excluding hydrogens is 401 g/mol. The van der Waals surface area contributed by atoms with Crippen LogP contribution in [0.3, 0.4) is 0 Å². The highest BCUT2D eigenvalue weighted by molar-refractivity contribution is 7.13. The Hall–Kier alpha value is -2.59. The first-order chi connectivity index (χ1) is 14.0. The number of aromatic nitrogens is 4. The van der Waals surface area contributed by atoms with Gasteiger partial charge in [-0.25, -0.2) is 19.9 Å². The number of alkyl halides is 3. The van der Waals surface area contributed by atoms with E-state index in [4.69, 9.17) is 0 Å². The number of rotatable bonds is 4. The van der Waals surface area contributed by atoms with Crippen molar-refractivity contribution in [2.45, 2.75) is 19.1 Å². The molecule has 1 saturated heterocycles. The molecule has 1 aliphatic heterocycles. The number of hydrogen-bond donors (Lipinski definition) is 0. The molecular formula is C19H19F3N6S. The molecule has 0 aliphatic carbocycles. The number of pyridine rings is 1. The molecule has 1 fully saturated rings. The molecule has 4 heterocycles. The molecule has 0 radical (unpaired) electrons. The van der Waals surface area contributed by atoms with Crippen LogP contribution in [-0.2, 0) is 12.7 Å². The van der Waals surface area contributed by atoms with Gasteiger partial charge in [0.15, 0.2) is 10.8 Å². The van der Waals surface area contributed by atoms with Gasteiger partial charge in [0.25, 0.3) is 0 Å². The molecule has 0 saturated carbocycles. The second-order valence-electron chi connectivity index (χ2n) is 6.74. The zero-order chi connectivity index (χ0) is 20.3. The largest absolute Gasteiger partial charge is 0.417 e. The standard InChI is InChI=1S/C19H19F3N6S/c20-19(21,22)14-3-4-16(25-11-14)28-8-2-7-27(9-10-28)12-15-13-29-18(26-15)17-23-5-1-6-24-17/h1,3-6,11,13H,2,7-10,12H2. The number of nitrogens with zero attached hydrogens (tertiary/aromatic N) is 6. The first-order valence-corrected chi connectivity index (χ1v) is 10.1. The van der Waals surface area contributed by atoms with Crippen molar-refractivity contribution in [1.29, 1.82) is 0 Å². The van der Waals surface area contributed by atoms with Crippen LogP contribution in [0.2, 0.25) is 0 Å². The van der Waals surface area contributed by atoms with E-state index in [9.17, 15) is 13.2 Å². The zero-order valence-electron chi connectivity index (χ0n) is 15.5. The maximum Gasteiger partial charge on any atom is 0.417 e. The van der Waals surface area contributed by atoms with Crippen LogP contribution in [0.15, 0.2) is 42.2 Å². The highest BCUT2D eigenvalue weighted by Crippen LogP contribution is 2.29. The third-order valence-corrected chi connectivity index (χ3v) is 5.57. The Morgan fingerprint density at radius 2 is 1.83 bits per heavy atom. The summed E-state index contributed by atoms with van der Waals surface area (Å²) in [6, 6.07) is 4.31. The number of halogens is 3. The Balaban J connectivity index is 1.36. The molecule has 0 bridgehead atoms. The van der Waals surface area contributed by atoms with E-state index < -0.39 is 11.7 Å². The fraction of sp³-hybridized carbons (Fsp3) is 0.368. The smallest absolute Gasteiger partial charge is 0.355 e. The molecule has 3 aromatic rings. The van der Waals surface area contributed by atoms with Crippen molar-refractivity contribution in [3.05, 3.63) is 53.4 Å². The maximum atomic E-state index is 12.7. The molecule has 0 amide bonds. The van der Waals surface area contributed by atoms with Gasteiger partial charge in [0.1, 0.15) is 5.82 Å². The lowest BCUT2D eigenvalue weighted by atomic mass is 10.2. The van der Waals surface area contributed by atoms with E-state index in [1.165, 1.54) is 17.4 Å². The van der Waals surface area contributed by atoms with Crippen LogP contribution in [-0.4, -0.2) is 51.0 Å². The predicted octanol–water partition coefficient (Wildman–Crippen LogP) is 3.73. The summed E-state index contributed by atoms with van der Waals surface area (Å²) in [5.41, 5.74) is 0.248. The van der Waals surface area contributed by atoms with Gasteiger partial charge in [-0.05, 0) is 24.6 Å². The fourth-order valence-corrected chi connectivity index (χ4v) is 3.98. The summed E-state index contributed by atoms with van der Waals surface area (Å²) >= 11 is 1.52. The van der Waals surface area contributed by atoms with Crippen molar-refractivity contribution >= 4 is 17.2 Å². The second-order valence-corrected chi connectivity index (χ2v) is 7.59. The van der Waals surface area contributed by atoms with Gasteiger partial charge in [-0.1, -0.05) is 0 Å². The van der Waals surface area contributed by atoms with Gasteiger partial charge in [-0.15, -0.1) is 11.3 Å². The minimum atomic E-state index is -4.36. The molecule has 29 heavy (non-hydrogen) atoms. The molecule has 152 valence electrons.